The molecule has 6 nitrogen and oxygen atoms in total. The Labute approximate surface area is 168 Å². The molecule has 0 unspecified atom stereocenters. The molecular weight excluding hydrogens is 364 g/mol. The fourth-order valence-electron chi connectivity index (χ4n) is 2.79. The summed E-state index contributed by atoms with van der Waals surface area (Å²) in [4.78, 5) is 17.3. The molecule has 0 amide bonds. The Balaban J connectivity index is 1.63. The van der Waals surface area contributed by atoms with Crippen molar-refractivity contribution in [3.05, 3.63) is 96.0 Å². The van der Waals surface area contributed by atoms with Gasteiger partial charge in [0.05, 0.1) is 12.8 Å². The van der Waals surface area contributed by atoms with Gasteiger partial charge in [-0.1, -0.05) is 60.2 Å². The van der Waals surface area contributed by atoms with Crippen LogP contribution in [0.25, 0.3) is 17.5 Å². The Morgan fingerprint density at radius 3 is 2.59 bits per heavy atom. The van der Waals surface area contributed by atoms with Gasteiger partial charge >= 0.3 is 0 Å². The van der Waals surface area contributed by atoms with Crippen LogP contribution in [0.5, 0.6) is 0 Å². The van der Waals surface area contributed by atoms with Gasteiger partial charge in [-0.2, -0.15) is 9.67 Å². The molecule has 0 aliphatic rings. The molecule has 0 bridgehead atoms. The Hall–Kier alpha value is -3.93. The molecule has 0 saturated heterocycles. The van der Waals surface area contributed by atoms with Gasteiger partial charge in [-0.05, 0) is 30.7 Å². The maximum absolute atomic E-state index is 12.8. The molecule has 2 aromatic heterocycles. The molecule has 0 aliphatic heterocycles. The molecule has 4 rings (SSSR count). The van der Waals surface area contributed by atoms with Gasteiger partial charge in [-0.15, -0.1) is 5.10 Å². The van der Waals surface area contributed by atoms with Crippen molar-refractivity contribution in [2.24, 2.45) is 0 Å². The Bertz CT molecular complexity index is 1110. The molecule has 2 heterocycles. The number of furan rings is 1. The van der Waals surface area contributed by atoms with E-state index < -0.39 is 0 Å². The number of rotatable bonds is 6. The molecule has 1 N–H and O–H groups in total. The lowest BCUT2D eigenvalue weighted by atomic mass is 10.1. The average molecular weight is 384 g/mol. The summed E-state index contributed by atoms with van der Waals surface area (Å²) in [7, 11) is 0. The Kier molecular flexibility index (Phi) is 5.33. The average Bonchev–Trinajstić information content (AvgIpc) is 3.42. The van der Waals surface area contributed by atoms with Gasteiger partial charge in [0.15, 0.2) is 5.82 Å². The van der Waals surface area contributed by atoms with Gasteiger partial charge in [-0.3, -0.25) is 4.79 Å². The monoisotopic (exact) mass is 384 g/mol. The van der Waals surface area contributed by atoms with Crippen LogP contribution in [0.2, 0.25) is 0 Å². The number of aromatic nitrogens is 3. The van der Waals surface area contributed by atoms with Crippen molar-refractivity contribution in [1.82, 2.24) is 14.8 Å². The number of hydrogen-bond acceptors (Lipinski definition) is 5. The summed E-state index contributed by atoms with van der Waals surface area (Å²) in [6.07, 6.45) is 4.85. The van der Waals surface area contributed by atoms with Gasteiger partial charge in [0, 0.05) is 11.6 Å². The first-order valence-corrected chi connectivity index (χ1v) is 9.27. The van der Waals surface area contributed by atoms with Crippen LogP contribution in [0.15, 0.2) is 83.5 Å². The van der Waals surface area contributed by atoms with Crippen LogP contribution in [0, 0.1) is 6.92 Å². The van der Waals surface area contributed by atoms with Crippen LogP contribution in [0.3, 0.4) is 0 Å². The van der Waals surface area contributed by atoms with Gasteiger partial charge in [0.1, 0.15) is 5.76 Å². The highest BCUT2D eigenvalue weighted by Gasteiger charge is 2.16. The van der Waals surface area contributed by atoms with Gasteiger partial charge in [-0.25, -0.2) is 0 Å². The molecule has 2 aromatic carbocycles. The third-order valence-electron chi connectivity index (χ3n) is 4.34. The van der Waals surface area contributed by atoms with Crippen molar-refractivity contribution in [2.45, 2.75) is 13.5 Å². The smallest absolute Gasteiger partial charge is 0.274 e. The van der Waals surface area contributed by atoms with E-state index in [2.05, 4.69) is 15.4 Å². The highest BCUT2D eigenvalue weighted by atomic mass is 16.3. The van der Waals surface area contributed by atoms with E-state index in [9.17, 15) is 4.79 Å². The van der Waals surface area contributed by atoms with E-state index in [4.69, 9.17) is 4.42 Å². The second-order valence-electron chi connectivity index (χ2n) is 6.55. The molecule has 0 radical (unpaired) electrons. The molecular formula is C23H20N4O2. The number of carbonyl (C=O) groups excluding carboxylic acids is 1. The number of aryl methyl sites for hydroxylation is 1. The molecule has 0 saturated carbocycles. The summed E-state index contributed by atoms with van der Waals surface area (Å²) in [5.41, 5.74) is 2.92. The van der Waals surface area contributed by atoms with Crippen LogP contribution >= 0.6 is 0 Å². The number of nitrogens with zero attached hydrogens (tertiary/aromatic N) is 3. The standard InChI is InChI=1S/C23H20N4O2/c1-17-9-12-19(13-10-17)22-25-23(24-16-20-8-5-15-29-20)27(26-22)21(28)14-11-18-6-3-2-4-7-18/h2-15H,16H2,1H3,(H,24,25,26). The first-order chi connectivity index (χ1) is 14.2. The predicted octanol–water partition coefficient (Wildman–Crippen LogP) is 4.81. The fourth-order valence-corrected chi connectivity index (χ4v) is 2.79. The quantitative estimate of drug-likeness (QED) is 0.483. The zero-order valence-electron chi connectivity index (χ0n) is 15.9. The first-order valence-electron chi connectivity index (χ1n) is 9.27. The summed E-state index contributed by atoms with van der Waals surface area (Å²) in [5.74, 6) is 1.29. The van der Waals surface area contributed by atoms with Crippen LogP contribution in [-0.2, 0) is 6.54 Å². The minimum atomic E-state index is -0.290. The lowest BCUT2D eigenvalue weighted by Crippen LogP contribution is -2.14. The van der Waals surface area contributed by atoms with Crippen LogP contribution in [0.1, 0.15) is 21.7 Å². The Morgan fingerprint density at radius 1 is 1.07 bits per heavy atom. The second kappa shape index (κ2) is 8.39. The summed E-state index contributed by atoms with van der Waals surface area (Å²) in [5, 5.41) is 7.57. The van der Waals surface area contributed by atoms with Crippen LogP contribution in [-0.4, -0.2) is 20.7 Å². The zero-order chi connectivity index (χ0) is 20.1. The second-order valence-corrected chi connectivity index (χ2v) is 6.55. The van der Waals surface area contributed by atoms with E-state index in [0.717, 1.165) is 22.5 Å². The lowest BCUT2D eigenvalue weighted by molar-refractivity contribution is 0.0957. The molecule has 29 heavy (non-hydrogen) atoms. The molecule has 0 fully saturated rings. The highest BCUT2D eigenvalue weighted by molar-refractivity contribution is 5.94. The summed E-state index contributed by atoms with van der Waals surface area (Å²) in [6, 6.07) is 21.2. The third kappa shape index (κ3) is 4.50. The maximum atomic E-state index is 12.8. The van der Waals surface area contributed by atoms with E-state index in [1.165, 1.54) is 10.8 Å². The predicted molar refractivity (Wildman–Crippen MR) is 112 cm³/mol. The molecule has 0 spiro atoms. The molecule has 0 atom stereocenters. The van der Waals surface area contributed by atoms with E-state index in [1.807, 2.05) is 73.7 Å². The zero-order valence-corrected chi connectivity index (χ0v) is 15.9. The number of hydrogen-bond donors (Lipinski definition) is 1. The van der Waals surface area contributed by atoms with E-state index in [0.29, 0.717) is 18.3 Å². The van der Waals surface area contributed by atoms with E-state index >= 15 is 0 Å². The SMILES string of the molecule is Cc1ccc(-c2nc(NCc3ccco3)n(C(=O)C=Cc3ccccc3)n2)cc1. The normalized spacial score (nSPS) is 11.1. The summed E-state index contributed by atoms with van der Waals surface area (Å²) < 4.78 is 6.62. The minimum Gasteiger partial charge on any atom is -0.467 e. The van der Waals surface area contributed by atoms with Crippen molar-refractivity contribution in [3.63, 3.8) is 0 Å². The van der Waals surface area contributed by atoms with Crippen LogP contribution in [0.4, 0.5) is 5.95 Å². The molecule has 4 aromatic rings. The molecule has 6 heteroatoms. The van der Waals surface area contributed by atoms with Crippen molar-refractivity contribution in [2.75, 3.05) is 5.32 Å². The van der Waals surface area contributed by atoms with Gasteiger partial charge < -0.3 is 9.73 Å². The van der Waals surface area contributed by atoms with Gasteiger partial charge in [0.2, 0.25) is 5.95 Å². The number of allylic oxidation sites excluding steroid dienone is 1. The summed E-state index contributed by atoms with van der Waals surface area (Å²) >= 11 is 0. The van der Waals surface area contributed by atoms with E-state index in [-0.39, 0.29) is 5.91 Å². The first kappa shape index (κ1) is 18.4. The van der Waals surface area contributed by atoms with Crippen molar-refractivity contribution in [1.29, 1.82) is 0 Å². The van der Waals surface area contributed by atoms with Crippen LogP contribution < -0.4 is 5.32 Å². The number of carbonyl (C=O) groups is 1. The fraction of sp³-hybridized carbons (Fsp3) is 0.0870. The Morgan fingerprint density at radius 2 is 1.86 bits per heavy atom. The number of benzene rings is 2. The van der Waals surface area contributed by atoms with Crippen molar-refractivity contribution >= 4 is 17.9 Å². The topological polar surface area (TPSA) is 73.0 Å². The van der Waals surface area contributed by atoms with E-state index in [1.54, 1.807) is 12.3 Å². The lowest BCUT2D eigenvalue weighted by Gasteiger charge is -2.03. The summed E-state index contributed by atoms with van der Waals surface area (Å²) in [6.45, 7) is 2.42. The highest BCUT2D eigenvalue weighted by Crippen LogP contribution is 2.19. The maximum Gasteiger partial charge on any atom is 0.274 e. The third-order valence-corrected chi connectivity index (χ3v) is 4.34. The van der Waals surface area contributed by atoms with Crippen molar-refractivity contribution < 1.29 is 9.21 Å². The molecule has 0 aliphatic carbocycles. The number of nitrogens with one attached hydrogen (secondary N) is 1. The van der Waals surface area contributed by atoms with Gasteiger partial charge in [0.25, 0.3) is 5.91 Å². The number of anilines is 1. The van der Waals surface area contributed by atoms with Crippen molar-refractivity contribution in [3.8, 4) is 11.4 Å². The minimum absolute atomic E-state index is 0.290. The largest absolute Gasteiger partial charge is 0.467 e. The molecule has 144 valence electrons.